The van der Waals surface area contributed by atoms with Crippen LogP contribution < -0.4 is 10.9 Å². The van der Waals surface area contributed by atoms with Crippen molar-refractivity contribution in [1.29, 1.82) is 0 Å². The largest absolute Gasteiger partial charge is 0.376 e. The highest BCUT2D eigenvalue weighted by atomic mass is 32.2. The van der Waals surface area contributed by atoms with Gasteiger partial charge in [0.05, 0.1) is 23.8 Å². The number of rotatable bonds is 6. The Hall–Kier alpha value is -2.16. The lowest BCUT2D eigenvalue weighted by Gasteiger charge is -2.18. The van der Waals surface area contributed by atoms with Crippen LogP contribution in [-0.2, 0) is 28.9 Å². The van der Waals surface area contributed by atoms with Crippen molar-refractivity contribution in [3.05, 3.63) is 51.1 Å². The highest BCUT2D eigenvalue weighted by Gasteiger charge is 2.26. The van der Waals surface area contributed by atoms with E-state index in [0.29, 0.717) is 17.6 Å². The number of aromatic nitrogens is 2. The molecule has 1 amide bonds. The second-order valence-electron chi connectivity index (χ2n) is 8.68. The van der Waals surface area contributed by atoms with Crippen LogP contribution >= 0.6 is 23.1 Å². The first-order valence-electron chi connectivity index (χ1n) is 11.2. The van der Waals surface area contributed by atoms with E-state index in [0.717, 1.165) is 54.6 Å². The topological polar surface area (TPSA) is 73.2 Å². The van der Waals surface area contributed by atoms with Gasteiger partial charge in [-0.05, 0) is 55.7 Å². The SMILES string of the molecule is CC1CCc2c(sc3nc(SCC(=O)Nc4ccccc4)n(CC4CCCO4)c(=O)c23)C1. The molecule has 1 aromatic carbocycles. The number of aryl methyl sites for hydroxylation is 1. The molecule has 2 unspecified atom stereocenters. The van der Waals surface area contributed by atoms with Gasteiger partial charge in [0.2, 0.25) is 5.91 Å². The molecule has 2 aromatic heterocycles. The first-order chi connectivity index (χ1) is 15.6. The molecule has 3 heterocycles. The molecule has 1 N–H and O–H groups in total. The summed E-state index contributed by atoms with van der Waals surface area (Å²) in [6, 6.07) is 9.40. The zero-order valence-corrected chi connectivity index (χ0v) is 19.8. The van der Waals surface area contributed by atoms with Gasteiger partial charge in [0.1, 0.15) is 4.83 Å². The van der Waals surface area contributed by atoms with Crippen molar-refractivity contribution in [2.24, 2.45) is 5.92 Å². The summed E-state index contributed by atoms with van der Waals surface area (Å²) in [5, 5.41) is 4.29. The molecule has 0 saturated carbocycles. The predicted octanol–water partition coefficient (Wildman–Crippen LogP) is 4.49. The van der Waals surface area contributed by atoms with Gasteiger partial charge in [-0.1, -0.05) is 36.9 Å². The van der Waals surface area contributed by atoms with Crippen molar-refractivity contribution in [3.63, 3.8) is 0 Å². The number of carbonyl (C=O) groups is 1. The van der Waals surface area contributed by atoms with Crippen LogP contribution in [0.2, 0.25) is 0 Å². The average molecular weight is 470 g/mol. The molecule has 1 aliphatic carbocycles. The Morgan fingerprint density at radius 3 is 2.94 bits per heavy atom. The number of hydrogen-bond donors (Lipinski definition) is 1. The molecule has 6 nitrogen and oxygen atoms in total. The van der Waals surface area contributed by atoms with Gasteiger partial charge in [-0.15, -0.1) is 11.3 Å². The van der Waals surface area contributed by atoms with E-state index < -0.39 is 0 Å². The zero-order valence-electron chi connectivity index (χ0n) is 18.1. The lowest BCUT2D eigenvalue weighted by molar-refractivity contribution is -0.113. The van der Waals surface area contributed by atoms with Gasteiger partial charge in [0, 0.05) is 17.2 Å². The number of para-hydroxylation sites is 1. The predicted molar refractivity (Wildman–Crippen MR) is 130 cm³/mol. The number of nitrogens with zero attached hydrogens (tertiary/aromatic N) is 2. The molecular formula is C24H27N3O3S2. The monoisotopic (exact) mass is 469 g/mol. The van der Waals surface area contributed by atoms with Crippen molar-refractivity contribution in [3.8, 4) is 0 Å². The van der Waals surface area contributed by atoms with E-state index in [-0.39, 0.29) is 23.3 Å². The number of thiophene rings is 1. The second kappa shape index (κ2) is 9.37. The number of anilines is 1. The van der Waals surface area contributed by atoms with Crippen LogP contribution in [0.1, 0.15) is 36.6 Å². The summed E-state index contributed by atoms with van der Waals surface area (Å²) < 4.78 is 7.57. The maximum Gasteiger partial charge on any atom is 0.263 e. The lowest BCUT2D eigenvalue weighted by Crippen LogP contribution is -2.29. The van der Waals surface area contributed by atoms with Gasteiger partial charge in [-0.25, -0.2) is 4.98 Å². The molecule has 5 rings (SSSR count). The minimum absolute atomic E-state index is 0.0171. The Morgan fingerprint density at radius 1 is 1.31 bits per heavy atom. The molecule has 32 heavy (non-hydrogen) atoms. The number of amides is 1. The summed E-state index contributed by atoms with van der Waals surface area (Å²) in [5.74, 6) is 0.722. The number of nitrogens with one attached hydrogen (secondary N) is 1. The Morgan fingerprint density at radius 2 is 2.16 bits per heavy atom. The van der Waals surface area contributed by atoms with Crippen LogP contribution in [0.4, 0.5) is 5.69 Å². The van der Waals surface area contributed by atoms with Gasteiger partial charge in [0.15, 0.2) is 5.16 Å². The van der Waals surface area contributed by atoms with E-state index in [1.54, 1.807) is 15.9 Å². The van der Waals surface area contributed by atoms with Gasteiger partial charge < -0.3 is 10.1 Å². The van der Waals surface area contributed by atoms with Crippen LogP contribution in [0.15, 0.2) is 40.3 Å². The number of thioether (sulfide) groups is 1. The Kier molecular flexibility index (Phi) is 6.35. The van der Waals surface area contributed by atoms with Crippen LogP contribution in [0.25, 0.3) is 10.2 Å². The fourth-order valence-electron chi connectivity index (χ4n) is 4.52. The van der Waals surface area contributed by atoms with Crippen LogP contribution in [-0.4, -0.2) is 33.9 Å². The maximum absolute atomic E-state index is 13.6. The second-order valence-corrected chi connectivity index (χ2v) is 10.7. The fourth-order valence-corrected chi connectivity index (χ4v) is 6.75. The molecule has 1 fully saturated rings. The van der Waals surface area contributed by atoms with E-state index in [4.69, 9.17) is 9.72 Å². The Bertz CT molecular complexity index is 1180. The normalized spacial score (nSPS) is 20.4. The molecule has 1 aliphatic heterocycles. The zero-order chi connectivity index (χ0) is 22.1. The molecular weight excluding hydrogens is 442 g/mol. The molecule has 2 aliphatic rings. The molecule has 0 radical (unpaired) electrons. The van der Waals surface area contributed by atoms with Gasteiger partial charge >= 0.3 is 0 Å². The van der Waals surface area contributed by atoms with Gasteiger partial charge in [0.25, 0.3) is 5.56 Å². The third-order valence-electron chi connectivity index (χ3n) is 6.18. The number of hydrogen-bond acceptors (Lipinski definition) is 6. The molecule has 1 saturated heterocycles. The van der Waals surface area contributed by atoms with Crippen LogP contribution in [0, 0.1) is 5.92 Å². The van der Waals surface area contributed by atoms with Crippen molar-refractivity contribution >= 4 is 44.9 Å². The third kappa shape index (κ3) is 4.49. The van der Waals surface area contributed by atoms with E-state index in [1.165, 1.54) is 22.2 Å². The number of benzene rings is 1. The third-order valence-corrected chi connectivity index (χ3v) is 8.30. The quantitative estimate of drug-likeness (QED) is 0.425. The molecule has 8 heteroatoms. The number of carbonyl (C=O) groups excluding carboxylic acids is 1. The smallest absolute Gasteiger partial charge is 0.263 e. The van der Waals surface area contributed by atoms with Crippen LogP contribution in [0.3, 0.4) is 0 Å². The summed E-state index contributed by atoms with van der Waals surface area (Å²) in [5.41, 5.74) is 1.97. The minimum atomic E-state index is -0.112. The van der Waals surface area contributed by atoms with Gasteiger partial charge in [-0.3, -0.25) is 14.2 Å². The van der Waals surface area contributed by atoms with E-state index >= 15 is 0 Å². The van der Waals surface area contributed by atoms with Crippen molar-refractivity contribution in [1.82, 2.24) is 9.55 Å². The van der Waals surface area contributed by atoms with Crippen LogP contribution in [0.5, 0.6) is 0 Å². The highest BCUT2D eigenvalue weighted by Crippen LogP contribution is 2.36. The molecule has 2 atom stereocenters. The summed E-state index contributed by atoms with van der Waals surface area (Å²) in [6.45, 7) is 3.50. The minimum Gasteiger partial charge on any atom is -0.376 e. The fraction of sp³-hybridized carbons (Fsp3) is 0.458. The highest BCUT2D eigenvalue weighted by molar-refractivity contribution is 7.99. The lowest BCUT2D eigenvalue weighted by atomic mass is 9.89. The van der Waals surface area contributed by atoms with E-state index in [1.807, 2.05) is 30.3 Å². The summed E-state index contributed by atoms with van der Waals surface area (Å²) in [7, 11) is 0. The standard InChI is InChI=1S/C24H27N3O3S2/c1-15-9-10-18-19(12-15)32-22-21(18)23(29)27(13-17-8-5-11-30-17)24(26-22)31-14-20(28)25-16-6-3-2-4-7-16/h2-4,6-7,15,17H,5,8-14H2,1H3,(H,25,28). The Labute approximate surface area is 195 Å². The molecule has 3 aromatic rings. The first-order valence-corrected chi connectivity index (χ1v) is 13.0. The van der Waals surface area contributed by atoms with Crippen molar-refractivity contribution in [2.75, 3.05) is 17.7 Å². The van der Waals surface area contributed by atoms with Gasteiger partial charge in [-0.2, -0.15) is 0 Å². The number of ether oxygens (including phenoxy) is 1. The summed E-state index contributed by atoms with van der Waals surface area (Å²) in [4.78, 5) is 33.2. The molecule has 168 valence electrons. The maximum atomic E-state index is 13.6. The van der Waals surface area contributed by atoms with Crippen molar-refractivity contribution < 1.29 is 9.53 Å². The summed E-state index contributed by atoms with van der Waals surface area (Å²) >= 11 is 2.97. The molecule has 0 bridgehead atoms. The molecule has 0 spiro atoms. The summed E-state index contributed by atoms with van der Waals surface area (Å²) in [6.07, 6.45) is 5.06. The Balaban J connectivity index is 1.45. The van der Waals surface area contributed by atoms with E-state index in [9.17, 15) is 9.59 Å². The average Bonchev–Trinajstić information content (AvgIpc) is 3.42. The van der Waals surface area contributed by atoms with Crippen molar-refractivity contribution in [2.45, 2.75) is 56.8 Å². The first kappa shape index (κ1) is 21.7. The van der Waals surface area contributed by atoms with E-state index in [2.05, 4.69) is 12.2 Å². The number of fused-ring (bicyclic) bond motifs is 3.